The highest BCUT2D eigenvalue weighted by Gasteiger charge is 2.08. The van der Waals surface area contributed by atoms with Gasteiger partial charge in [0.05, 0.1) is 0 Å². The van der Waals surface area contributed by atoms with Crippen LogP contribution in [-0.2, 0) is 4.79 Å². The van der Waals surface area contributed by atoms with Gasteiger partial charge in [-0.15, -0.1) is 0 Å². The number of anilines is 1. The first-order valence-electron chi connectivity index (χ1n) is 8.74. The molecule has 0 aliphatic heterocycles. The molecule has 3 rings (SSSR count). The van der Waals surface area contributed by atoms with Crippen molar-refractivity contribution in [3.8, 4) is 11.3 Å². The predicted molar refractivity (Wildman–Crippen MR) is 123 cm³/mol. The summed E-state index contributed by atoms with van der Waals surface area (Å²) in [4.78, 5) is 12.2. The normalized spacial score (nSPS) is 10.9. The third kappa shape index (κ3) is 5.70. The summed E-state index contributed by atoms with van der Waals surface area (Å²) in [6, 6.07) is 14.6. The van der Waals surface area contributed by atoms with Crippen LogP contribution in [0.15, 0.2) is 59.0 Å². The topological polar surface area (TPSA) is 54.3 Å². The Kier molecular flexibility index (Phi) is 6.75. The fraction of sp³-hybridized carbons (Fsp3) is 0.0909. The lowest BCUT2D eigenvalue weighted by molar-refractivity contribution is -0.115. The summed E-state index contributed by atoms with van der Waals surface area (Å²) in [7, 11) is 0. The molecule has 0 atom stereocenters. The van der Waals surface area contributed by atoms with E-state index in [1.807, 2.05) is 32.0 Å². The zero-order valence-corrected chi connectivity index (χ0v) is 18.1. The molecule has 3 aromatic rings. The van der Waals surface area contributed by atoms with Crippen LogP contribution < -0.4 is 10.6 Å². The van der Waals surface area contributed by atoms with Gasteiger partial charge in [0, 0.05) is 27.4 Å². The predicted octanol–water partition coefficient (Wildman–Crippen LogP) is 6.40. The van der Waals surface area contributed by atoms with Crippen LogP contribution in [0.1, 0.15) is 16.9 Å². The molecule has 1 amide bonds. The van der Waals surface area contributed by atoms with Crippen molar-refractivity contribution in [3.63, 3.8) is 0 Å². The van der Waals surface area contributed by atoms with Crippen LogP contribution in [0.4, 0.5) is 5.69 Å². The Balaban J connectivity index is 1.62. The molecule has 2 N–H and O–H groups in total. The van der Waals surface area contributed by atoms with Gasteiger partial charge in [-0.25, -0.2) is 0 Å². The minimum absolute atomic E-state index is 0.228. The Morgan fingerprint density at radius 1 is 1.03 bits per heavy atom. The Bertz CT molecular complexity index is 1070. The molecule has 0 spiro atoms. The maximum Gasteiger partial charge on any atom is 0.250 e. The Hall–Kier alpha value is -2.60. The standard InChI is InChI=1S/C22H18Cl2N2O2S/c1-13-4-3-5-14(2)21(13)26-22(29)25-20(27)9-7-18-6-8-19(28-18)15-10-16(23)12-17(24)11-15/h3-12H,1-2H3,(H2,25,26,27,29)/b9-7+. The lowest BCUT2D eigenvalue weighted by atomic mass is 10.1. The number of nitrogens with one attached hydrogen (secondary N) is 2. The average Bonchev–Trinajstić information content (AvgIpc) is 3.11. The van der Waals surface area contributed by atoms with Crippen molar-refractivity contribution in [2.45, 2.75) is 13.8 Å². The molecule has 1 heterocycles. The molecule has 29 heavy (non-hydrogen) atoms. The molecule has 4 nitrogen and oxygen atoms in total. The Morgan fingerprint density at radius 2 is 1.69 bits per heavy atom. The van der Waals surface area contributed by atoms with E-state index in [4.69, 9.17) is 39.8 Å². The number of amides is 1. The van der Waals surface area contributed by atoms with Gasteiger partial charge in [-0.1, -0.05) is 41.4 Å². The number of halogens is 2. The molecule has 2 aromatic carbocycles. The van der Waals surface area contributed by atoms with Crippen LogP contribution in [0.3, 0.4) is 0 Å². The molecule has 0 bridgehead atoms. The van der Waals surface area contributed by atoms with Crippen molar-refractivity contribution < 1.29 is 9.21 Å². The fourth-order valence-electron chi connectivity index (χ4n) is 2.76. The first kappa shape index (κ1) is 21.1. The zero-order chi connectivity index (χ0) is 21.0. The number of carbonyl (C=O) groups is 1. The van der Waals surface area contributed by atoms with E-state index in [9.17, 15) is 4.79 Å². The quantitative estimate of drug-likeness (QED) is 0.361. The van der Waals surface area contributed by atoms with Crippen LogP contribution in [0.2, 0.25) is 10.0 Å². The molecule has 0 saturated heterocycles. The summed E-state index contributed by atoms with van der Waals surface area (Å²) >= 11 is 17.3. The first-order chi connectivity index (χ1) is 13.8. The van der Waals surface area contributed by atoms with E-state index in [2.05, 4.69) is 10.6 Å². The highest BCUT2D eigenvalue weighted by molar-refractivity contribution is 7.80. The van der Waals surface area contributed by atoms with Crippen molar-refractivity contribution in [3.05, 3.63) is 81.5 Å². The number of aryl methyl sites for hydroxylation is 2. The number of benzene rings is 2. The maximum absolute atomic E-state index is 12.2. The summed E-state index contributed by atoms with van der Waals surface area (Å²) in [5.74, 6) is 0.749. The number of hydrogen-bond donors (Lipinski definition) is 2. The monoisotopic (exact) mass is 444 g/mol. The molecule has 148 valence electrons. The third-order valence-corrected chi connectivity index (χ3v) is 4.77. The fourth-order valence-corrected chi connectivity index (χ4v) is 3.49. The van der Waals surface area contributed by atoms with E-state index in [-0.39, 0.29) is 11.0 Å². The SMILES string of the molecule is Cc1cccc(C)c1NC(=S)NC(=O)/C=C/c1ccc(-c2cc(Cl)cc(Cl)c2)o1. The van der Waals surface area contributed by atoms with E-state index in [0.717, 1.165) is 22.4 Å². The van der Waals surface area contributed by atoms with Crippen LogP contribution >= 0.6 is 35.4 Å². The lowest BCUT2D eigenvalue weighted by Crippen LogP contribution is -2.33. The smallest absolute Gasteiger partial charge is 0.250 e. The van der Waals surface area contributed by atoms with Gasteiger partial charge in [0.15, 0.2) is 5.11 Å². The third-order valence-electron chi connectivity index (χ3n) is 4.13. The van der Waals surface area contributed by atoms with Gasteiger partial charge >= 0.3 is 0 Å². The molecule has 1 aromatic heterocycles. The second kappa shape index (κ2) is 9.27. The molecular formula is C22H18Cl2N2O2S. The average molecular weight is 445 g/mol. The van der Waals surface area contributed by atoms with Crippen LogP contribution in [0.5, 0.6) is 0 Å². The van der Waals surface area contributed by atoms with E-state index >= 15 is 0 Å². The van der Waals surface area contributed by atoms with Gasteiger partial charge in [-0.05, 0) is 73.6 Å². The number of furan rings is 1. The number of hydrogen-bond acceptors (Lipinski definition) is 3. The molecule has 0 radical (unpaired) electrons. The van der Waals surface area contributed by atoms with Crippen molar-refractivity contribution in [2.24, 2.45) is 0 Å². The molecule has 7 heteroatoms. The largest absolute Gasteiger partial charge is 0.457 e. The van der Waals surface area contributed by atoms with Gasteiger partial charge in [-0.3, -0.25) is 10.1 Å². The minimum atomic E-state index is -0.363. The lowest BCUT2D eigenvalue weighted by Gasteiger charge is -2.13. The summed E-state index contributed by atoms with van der Waals surface area (Å²) in [6.07, 6.45) is 2.92. The second-order valence-electron chi connectivity index (χ2n) is 6.40. The number of para-hydroxylation sites is 1. The molecule has 0 aliphatic carbocycles. The highest BCUT2D eigenvalue weighted by atomic mass is 35.5. The summed E-state index contributed by atoms with van der Waals surface area (Å²) in [5, 5.41) is 6.95. The summed E-state index contributed by atoms with van der Waals surface area (Å²) in [6.45, 7) is 3.95. The zero-order valence-electron chi connectivity index (χ0n) is 15.8. The molecule has 0 unspecified atom stereocenters. The Labute approximate surface area is 184 Å². The summed E-state index contributed by atoms with van der Waals surface area (Å²) < 4.78 is 5.73. The molecule has 0 fully saturated rings. The van der Waals surface area contributed by atoms with Crippen molar-refractivity contribution in [2.75, 3.05) is 5.32 Å². The molecular weight excluding hydrogens is 427 g/mol. The van der Waals surface area contributed by atoms with Crippen molar-refractivity contribution >= 4 is 58.2 Å². The van der Waals surface area contributed by atoms with Gasteiger partial charge in [0.2, 0.25) is 5.91 Å². The van der Waals surface area contributed by atoms with Crippen LogP contribution in [0.25, 0.3) is 17.4 Å². The maximum atomic E-state index is 12.2. The van der Waals surface area contributed by atoms with Gasteiger partial charge in [0.25, 0.3) is 0 Å². The summed E-state index contributed by atoms with van der Waals surface area (Å²) in [5.41, 5.74) is 3.73. The van der Waals surface area contributed by atoms with E-state index in [1.54, 1.807) is 36.4 Å². The highest BCUT2D eigenvalue weighted by Crippen LogP contribution is 2.29. The van der Waals surface area contributed by atoms with Crippen molar-refractivity contribution in [1.82, 2.24) is 5.32 Å². The van der Waals surface area contributed by atoms with Gasteiger partial charge in [0.1, 0.15) is 11.5 Å². The Morgan fingerprint density at radius 3 is 2.34 bits per heavy atom. The second-order valence-corrected chi connectivity index (χ2v) is 7.68. The van der Waals surface area contributed by atoms with E-state index < -0.39 is 0 Å². The van der Waals surface area contributed by atoms with E-state index in [1.165, 1.54) is 6.08 Å². The number of thiocarbonyl (C=S) groups is 1. The number of carbonyl (C=O) groups excluding carboxylic acids is 1. The van der Waals surface area contributed by atoms with Crippen molar-refractivity contribution in [1.29, 1.82) is 0 Å². The van der Waals surface area contributed by atoms with Gasteiger partial charge in [-0.2, -0.15) is 0 Å². The number of rotatable bonds is 4. The van der Waals surface area contributed by atoms with E-state index in [0.29, 0.717) is 21.6 Å². The van der Waals surface area contributed by atoms with Crippen LogP contribution in [0, 0.1) is 13.8 Å². The van der Waals surface area contributed by atoms with Crippen LogP contribution in [-0.4, -0.2) is 11.0 Å². The molecule has 0 aliphatic rings. The molecule has 0 saturated carbocycles. The van der Waals surface area contributed by atoms with Gasteiger partial charge < -0.3 is 9.73 Å². The first-order valence-corrected chi connectivity index (χ1v) is 9.91. The minimum Gasteiger partial charge on any atom is -0.457 e.